The van der Waals surface area contributed by atoms with E-state index in [2.05, 4.69) is 11.4 Å². The van der Waals surface area contributed by atoms with Gasteiger partial charge in [0.2, 0.25) is 5.91 Å². The average molecular weight is 345 g/mol. The SMILES string of the molecule is COc1cc(C=CC(=O)NCCc2cccs2)ccc1OC(C)C. The molecule has 0 fully saturated rings. The van der Waals surface area contributed by atoms with E-state index in [0.29, 0.717) is 18.0 Å². The van der Waals surface area contributed by atoms with Gasteiger partial charge in [-0.3, -0.25) is 4.79 Å². The third-order valence-corrected chi connectivity index (χ3v) is 4.16. The number of hydrogen-bond donors (Lipinski definition) is 1. The second-order valence-electron chi connectivity index (χ2n) is 5.53. The van der Waals surface area contributed by atoms with Crippen molar-refractivity contribution in [3.05, 3.63) is 52.2 Å². The molecule has 0 spiro atoms. The van der Waals surface area contributed by atoms with Gasteiger partial charge in [0.15, 0.2) is 11.5 Å². The topological polar surface area (TPSA) is 47.6 Å². The quantitative estimate of drug-likeness (QED) is 0.738. The van der Waals surface area contributed by atoms with Gasteiger partial charge in [-0.2, -0.15) is 0 Å². The summed E-state index contributed by atoms with van der Waals surface area (Å²) in [4.78, 5) is 13.1. The average Bonchev–Trinajstić information content (AvgIpc) is 3.06. The second-order valence-corrected chi connectivity index (χ2v) is 6.56. The highest BCUT2D eigenvalue weighted by atomic mass is 32.1. The van der Waals surface area contributed by atoms with Crippen LogP contribution in [-0.4, -0.2) is 25.7 Å². The first-order chi connectivity index (χ1) is 11.6. The lowest BCUT2D eigenvalue weighted by Crippen LogP contribution is -2.23. The minimum absolute atomic E-state index is 0.0782. The Kier molecular flexibility index (Phi) is 6.88. The molecule has 0 aliphatic heterocycles. The van der Waals surface area contributed by atoms with E-state index in [9.17, 15) is 4.79 Å². The van der Waals surface area contributed by atoms with Crippen molar-refractivity contribution in [2.75, 3.05) is 13.7 Å². The maximum absolute atomic E-state index is 11.9. The number of carbonyl (C=O) groups is 1. The van der Waals surface area contributed by atoms with Crippen LogP contribution in [0.5, 0.6) is 11.5 Å². The number of carbonyl (C=O) groups excluding carboxylic acids is 1. The maximum Gasteiger partial charge on any atom is 0.244 e. The van der Waals surface area contributed by atoms with Gasteiger partial charge in [0.1, 0.15) is 0 Å². The van der Waals surface area contributed by atoms with Gasteiger partial charge >= 0.3 is 0 Å². The van der Waals surface area contributed by atoms with E-state index in [1.807, 2.05) is 43.5 Å². The number of hydrogen-bond acceptors (Lipinski definition) is 4. The molecule has 0 aliphatic carbocycles. The van der Waals surface area contributed by atoms with E-state index in [1.54, 1.807) is 24.5 Å². The summed E-state index contributed by atoms with van der Waals surface area (Å²) in [7, 11) is 1.60. The van der Waals surface area contributed by atoms with Gasteiger partial charge < -0.3 is 14.8 Å². The molecule has 0 unspecified atom stereocenters. The Hall–Kier alpha value is -2.27. The second kappa shape index (κ2) is 9.13. The number of thiophene rings is 1. The van der Waals surface area contributed by atoms with Crippen LogP contribution in [-0.2, 0) is 11.2 Å². The summed E-state index contributed by atoms with van der Waals surface area (Å²) in [5.41, 5.74) is 0.886. The Bertz CT molecular complexity index is 678. The summed E-state index contributed by atoms with van der Waals surface area (Å²) in [5.74, 6) is 1.25. The molecular formula is C19H23NO3S. The van der Waals surface area contributed by atoms with Crippen molar-refractivity contribution in [1.82, 2.24) is 5.32 Å². The van der Waals surface area contributed by atoms with Gasteiger partial charge in [-0.25, -0.2) is 0 Å². The smallest absolute Gasteiger partial charge is 0.244 e. The fourth-order valence-electron chi connectivity index (χ4n) is 2.13. The Morgan fingerprint density at radius 2 is 2.12 bits per heavy atom. The molecule has 0 aliphatic rings. The van der Waals surface area contributed by atoms with Crippen LogP contribution in [0.25, 0.3) is 6.08 Å². The lowest BCUT2D eigenvalue weighted by Gasteiger charge is -2.13. The first kappa shape index (κ1) is 18.1. The van der Waals surface area contributed by atoms with Gasteiger partial charge in [-0.15, -0.1) is 11.3 Å². The first-order valence-electron chi connectivity index (χ1n) is 7.91. The molecule has 1 amide bonds. The van der Waals surface area contributed by atoms with Crippen LogP contribution in [0.1, 0.15) is 24.3 Å². The van der Waals surface area contributed by atoms with Crippen molar-refractivity contribution in [2.24, 2.45) is 0 Å². The highest BCUT2D eigenvalue weighted by molar-refractivity contribution is 7.09. The first-order valence-corrected chi connectivity index (χ1v) is 8.79. The van der Waals surface area contributed by atoms with Crippen LogP contribution in [0.4, 0.5) is 0 Å². The van der Waals surface area contributed by atoms with Crippen molar-refractivity contribution in [1.29, 1.82) is 0 Å². The predicted octanol–water partition coefficient (Wildman–Crippen LogP) is 3.92. The zero-order chi connectivity index (χ0) is 17.4. The van der Waals surface area contributed by atoms with Gasteiger partial charge in [-0.1, -0.05) is 12.1 Å². The zero-order valence-electron chi connectivity index (χ0n) is 14.2. The highest BCUT2D eigenvalue weighted by Crippen LogP contribution is 2.29. The Morgan fingerprint density at radius 1 is 1.29 bits per heavy atom. The van der Waals surface area contributed by atoms with Crippen molar-refractivity contribution >= 4 is 23.3 Å². The summed E-state index contributed by atoms with van der Waals surface area (Å²) >= 11 is 1.70. The Labute approximate surface area is 147 Å². The third kappa shape index (κ3) is 5.74. The van der Waals surface area contributed by atoms with E-state index in [-0.39, 0.29) is 12.0 Å². The molecule has 0 bridgehead atoms. The van der Waals surface area contributed by atoms with Crippen molar-refractivity contribution in [3.63, 3.8) is 0 Å². The normalized spacial score (nSPS) is 11.0. The number of rotatable bonds is 8. The van der Waals surface area contributed by atoms with E-state index in [0.717, 1.165) is 12.0 Å². The molecule has 2 rings (SSSR count). The van der Waals surface area contributed by atoms with Crippen LogP contribution < -0.4 is 14.8 Å². The number of ether oxygens (including phenoxy) is 2. The maximum atomic E-state index is 11.9. The Morgan fingerprint density at radius 3 is 2.79 bits per heavy atom. The highest BCUT2D eigenvalue weighted by Gasteiger charge is 2.06. The minimum Gasteiger partial charge on any atom is -0.493 e. The summed E-state index contributed by atoms with van der Waals surface area (Å²) < 4.78 is 11.0. The molecular weight excluding hydrogens is 322 g/mol. The molecule has 0 saturated heterocycles. The fraction of sp³-hybridized carbons (Fsp3) is 0.316. The van der Waals surface area contributed by atoms with Crippen molar-refractivity contribution in [3.8, 4) is 11.5 Å². The molecule has 1 heterocycles. The molecule has 1 aromatic carbocycles. The molecule has 0 atom stereocenters. The van der Waals surface area contributed by atoms with Gasteiger partial charge in [-0.05, 0) is 55.5 Å². The summed E-state index contributed by atoms with van der Waals surface area (Å²) in [6.07, 6.45) is 4.23. The summed E-state index contributed by atoms with van der Waals surface area (Å²) in [5, 5.41) is 4.92. The molecule has 1 N–H and O–H groups in total. The molecule has 5 heteroatoms. The molecule has 2 aromatic rings. The van der Waals surface area contributed by atoms with Gasteiger partial charge in [0, 0.05) is 17.5 Å². The molecule has 4 nitrogen and oxygen atoms in total. The molecule has 0 radical (unpaired) electrons. The number of amides is 1. The lowest BCUT2D eigenvalue weighted by molar-refractivity contribution is -0.116. The number of nitrogens with one attached hydrogen (secondary N) is 1. The molecule has 128 valence electrons. The monoisotopic (exact) mass is 345 g/mol. The van der Waals surface area contributed by atoms with Gasteiger partial charge in [0.25, 0.3) is 0 Å². The number of benzene rings is 1. The predicted molar refractivity (Wildman–Crippen MR) is 98.8 cm³/mol. The molecule has 24 heavy (non-hydrogen) atoms. The van der Waals surface area contributed by atoms with Crippen molar-refractivity contribution < 1.29 is 14.3 Å². The summed E-state index contributed by atoms with van der Waals surface area (Å²) in [6, 6.07) is 9.69. The number of methoxy groups -OCH3 is 1. The lowest BCUT2D eigenvalue weighted by atomic mass is 10.2. The minimum atomic E-state index is -0.104. The van der Waals surface area contributed by atoms with E-state index < -0.39 is 0 Å². The van der Waals surface area contributed by atoms with Crippen LogP contribution in [0, 0.1) is 0 Å². The molecule has 0 saturated carbocycles. The largest absolute Gasteiger partial charge is 0.493 e. The Balaban J connectivity index is 1.89. The van der Waals surface area contributed by atoms with E-state index in [4.69, 9.17) is 9.47 Å². The van der Waals surface area contributed by atoms with Crippen LogP contribution >= 0.6 is 11.3 Å². The van der Waals surface area contributed by atoms with Crippen LogP contribution in [0.15, 0.2) is 41.8 Å². The van der Waals surface area contributed by atoms with E-state index in [1.165, 1.54) is 11.0 Å². The van der Waals surface area contributed by atoms with Crippen LogP contribution in [0.3, 0.4) is 0 Å². The molecule has 1 aromatic heterocycles. The van der Waals surface area contributed by atoms with Crippen LogP contribution in [0.2, 0.25) is 0 Å². The van der Waals surface area contributed by atoms with Crippen molar-refractivity contribution in [2.45, 2.75) is 26.4 Å². The van der Waals surface area contributed by atoms with Gasteiger partial charge in [0.05, 0.1) is 13.2 Å². The third-order valence-electron chi connectivity index (χ3n) is 3.23. The zero-order valence-corrected chi connectivity index (χ0v) is 15.1. The fourth-order valence-corrected chi connectivity index (χ4v) is 2.84. The van der Waals surface area contributed by atoms with E-state index >= 15 is 0 Å². The standard InChI is InChI=1S/C19H23NO3S/c1-14(2)23-17-8-6-15(13-18(17)22-3)7-9-19(21)20-11-10-16-5-4-12-24-16/h4-9,12-14H,10-11H2,1-3H3,(H,20,21). The summed E-state index contributed by atoms with van der Waals surface area (Å²) in [6.45, 7) is 4.57.